The lowest BCUT2D eigenvalue weighted by Gasteiger charge is -2.09. The zero-order chi connectivity index (χ0) is 14.0. The summed E-state index contributed by atoms with van der Waals surface area (Å²) in [5.74, 6) is -0.475. The lowest BCUT2D eigenvalue weighted by atomic mass is 10.2. The van der Waals surface area contributed by atoms with Gasteiger partial charge in [-0.1, -0.05) is 15.9 Å². The summed E-state index contributed by atoms with van der Waals surface area (Å²) in [6.07, 6.45) is 0. The monoisotopic (exact) mass is 343 g/mol. The molecule has 0 aliphatic rings. The van der Waals surface area contributed by atoms with Gasteiger partial charge in [-0.2, -0.15) is 0 Å². The fraction of sp³-hybridized carbons (Fsp3) is 0.0769. The molecule has 0 aromatic heterocycles. The molecule has 0 saturated carbocycles. The van der Waals surface area contributed by atoms with Gasteiger partial charge in [-0.25, -0.2) is 12.8 Å². The second kappa shape index (κ2) is 5.30. The zero-order valence-corrected chi connectivity index (χ0v) is 12.4. The van der Waals surface area contributed by atoms with Gasteiger partial charge in [0.2, 0.25) is 0 Å². The Balaban J connectivity index is 2.33. The van der Waals surface area contributed by atoms with E-state index in [1.807, 2.05) is 13.0 Å². The summed E-state index contributed by atoms with van der Waals surface area (Å²) in [5.41, 5.74) is 1.38. The molecule has 0 atom stereocenters. The lowest BCUT2D eigenvalue weighted by molar-refractivity contribution is 0.599. The Morgan fingerprint density at radius 1 is 1.11 bits per heavy atom. The molecule has 0 saturated heterocycles. The first-order valence-corrected chi connectivity index (χ1v) is 7.70. The Morgan fingerprint density at radius 2 is 1.74 bits per heavy atom. The van der Waals surface area contributed by atoms with Crippen molar-refractivity contribution < 1.29 is 12.8 Å². The number of halogens is 2. The second-order valence-corrected chi connectivity index (χ2v) is 6.67. The number of nitrogens with one attached hydrogen (secondary N) is 1. The molecule has 1 N–H and O–H groups in total. The quantitative estimate of drug-likeness (QED) is 0.923. The van der Waals surface area contributed by atoms with Gasteiger partial charge in [-0.15, -0.1) is 0 Å². The van der Waals surface area contributed by atoms with Gasteiger partial charge in [0.05, 0.1) is 10.6 Å². The average molecular weight is 344 g/mol. The van der Waals surface area contributed by atoms with Crippen LogP contribution in [0.5, 0.6) is 0 Å². The molecule has 2 aromatic rings. The van der Waals surface area contributed by atoms with E-state index >= 15 is 0 Å². The van der Waals surface area contributed by atoms with Gasteiger partial charge in [-0.3, -0.25) is 4.72 Å². The largest absolute Gasteiger partial charge is 0.280 e. The SMILES string of the molecule is Cc1cc(Br)cc(NS(=O)(=O)c2ccc(F)cc2)c1. The van der Waals surface area contributed by atoms with Crippen LogP contribution in [0, 0.1) is 12.7 Å². The molecule has 6 heteroatoms. The minimum atomic E-state index is -3.70. The van der Waals surface area contributed by atoms with Crippen molar-refractivity contribution >= 4 is 31.6 Å². The molecular weight excluding hydrogens is 333 g/mol. The highest BCUT2D eigenvalue weighted by atomic mass is 79.9. The molecule has 2 rings (SSSR count). The molecule has 0 aliphatic carbocycles. The summed E-state index contributed by atoms with van der Waals surface area (Å²) in [5, 5.41) is 0. The van der Waals surface area contributed by atoms with Crippen LogP contribution in [-0.2, 0) is 10.0 Å². The van der Waals surface area contributed by atoms with E-state index in [1.165, 1.54) is 12.1 Å². The number of hydrogen-bond acceptors (Lipinski definition) is 2. The van der Waals surface area contributed by atoms with Crippen LogP contribution >= 0.6 is 15.9 Å². The van der Waals surface area contributed by atoms with Gasteiger partial charge in [-0.05, 0) is 55.0 Å². The van der Waals surface area contributed by atoms with E-state index in [2.05, 4.69) is 20.7 Å². The maximum absolute atomic E-state index is 12.8. The highest BCUT2D eigenvalue weighted by Gasteiger charge is 2.14. The third-order valence-electron chi connectivity index (χ3n) is 2.42. The number of sulfonamides is 1. The van der Waals surface area contributed by atoms with Crippen LogP contribution in [0.3, 0.4) is 0 Å². The molecular formula is C13H11BrFNO2S. The number of benzene rings is 2. The summed E-state index contributed by atoms with van der Waals surface area (Å²) in [4.78, 5) is 0.0199. The third kappa shape index (κ3) is 3.54. The molecule has 0 spiro atoms. The molecule has 0 unspecified atom stereocenters. The van der Waals surface area contributed by atoms with E-state index in [4.69, 9.17) is 0 Å². The van der Waals surface area contributed by atoms with Gasteiger partial charge < -0.3 is 0 Å². The molecule has 2 aromatic carbocycles. The Kier molecular flexibility index (Phi) is 3.91. The number of rotatable bonds is 3. The average Bonchev–Trinajstić information content (AvgIpc) is 2.27. The van der Waals surface area contributed by atoms with Crippen molar-refractivity contribution in [2.45, 2.75) is 11.8 Å². The van der Waals surface area contributed by atoms with E-state index in [0.717, 1.165) is 22.2 Å². The van der Waals surface area contributed by atoms with Crippen LogP contribution in [0.25, 0.3) is 0 Å². The Bertz CT molecular complexity index is 679. The molecule has 0 fully saturated rings. The fourth-order valence-corrected chi connectivity index (χ4v) is 3.27. The van der Waals surface area contributed by atoms with Crippen molar-refractivity contribution in [3.05, 3.63) is 58.3 Å². The van der Waals surface area contributed by atoms with E-state index in [0.29, 0.717) is 5.69 Å². The minimum Gasteiger partial charge on any atom is -0.280 e. The first-order valence-electron chi connectivity index (χ1n) is 5.42. The second-order valence-electron chi connectivity index (χ2n) is 4.08. The molecule has 100 valence electrons. The molecule has 3 nitrogen and oxygen atoms in total. The Labute approximate surface area is 119 Å². The maximum atomic E-state index is 12.8. The summed E-state index contributed by atoms with van der Waals surface area (Å²) < 4.78 is 40.2. The normalized spacial score (nSPS) is 11.3. The van der Waals surface area contributed by atoms with Gasteiger partial charge in [0.1, 0.15) is 5.82 Å². The van der Waals surface area contributed by atoms with Crippen LogP contribution in [0.2, 0.25) is 0 Å². The van der Waals surface area contributed by atoms with E-state index in [1.54, 1.807) is 12.1 Å². The maximum Gasteiger partial charge on any atom is 0.261 e. The van der Waals surface area contributed by atoms with Crippen molar-refractivity contribution in [2.75, 3.05) is 4.72 Å². The number of hydrogen-bond donors (Lipinski definition) is 1. The Morgan fingerprint density at radius 3 is 2.32 bits per heavy atom. The molecule has 0 aliphatic heterocycles. The van der Waals surface area contributed by atoms with Crippen LogP contribution in [0.15, 0.2) is 51.8 Å². The first-order chi connectivity index (χ1) is 8.87. The predicted molar refractivity (Wildman–Crippen MR) is 76.1 cm³/mol. The molecule has 0 heterocycles. The summed E-state index contributed by atoms with van der Waals surface area (Å²) in [6.45, 7) is 1.86. The number of anilines is 1. The molecule has 0 amide bonds. The highest BCUT2D eigenvalue weighted by molar-refractivity contribution is 9.10. The van der Waals surface area contributed by atoms with Gasteiger partial charge in [0.15, 0.2) is 0 Å². The van der Waals surface area contributed by atoms with Gasteiger partial charge in [0.25, 0.3) is 10.0 Å². The first kappa shape index (κ1) is 14.0. The zero-order valence-electron chi connectivity index (χ0n) is 10.0. The lowest BCUT2D eigenvalue weighted by Crippen LogP contribution is -2.13. The molecule has 0 bridgehead atoms. The van der Waals surface area contributed by atoms with Crippen molar-refractivity contribution in [1.29, 1.82) is 0 Å². The predicted octanol–water partition coefficient (Wildman–Crippen LogP) is 3.70. The third-order valence-corrected chi connectivity index (χ3v) is 4.27. The van der Waals surface area contributed by atoms with E-state index in [9.17, 15) is 12.8 Å². The van der Waals surface area contributed by atoms with E-state index < -0.39 is 15.8 Å². The summed E-state index contributed by atoms with van der Waals surface area (Å²) in [6, 6.07) is 9.92. The van der Waals surface area contributed by atoms with Crippen LogP contribution in [0.4, 0.5) is 10.1 Å². The van der Waals surface area contributed by atoms with Gasteiger partial charge in [0, 0.05) is 4.47 Å². The summed E-state index contributed by atoms with van der Waals surface area (Å²) in [7, 11) is -3.70. The van der Waals surface area contributed by atoms with Crippen molar-refractivity contribution in [3.8, 4) is 0 Å². The van der Waals surface area contributed by atoms with Crippen molar-refractivity contribution in [1.82, 2.24) is 0 Å². The van der Waals surface area contributed by atoms with Crippen molar-refractivity contribution in [3.63, 3.8) is 0 Å². The topological polar surface area (TPSA) is 46.2 Å². The van der Waals surface area contributed by atoms with E-state index in [-0.39, 0.29) is 4.90 Å². The van der Waals surface area contributed by atoms with Gasteiger partial charge >= 0.3 is 0 Å². The minimum absolute atomic E-state index is 0.0199. The van der Waals surface area contributed by atoms with Crippen LogP contribution in [0.1, 0.15) is 5.56 Å². The van der Waals surface area contributed by atoms with Crippen LogP contribution < -0.4 is 4.72 Å². The van der Waals surface area contributed by atoms with Crippen molar-refractivity contribution in [2.24, 2.45) is 0 Å². The standard InChI is InChI=1S/C13H11BrFNO2S/c1-9-6-10(14)8-12(7-9)16-19(17,18)13-4-2-11(15)3-5-13/h2-8,16H,1H3. The molecule has 0 radical (unpaired) electrons. The summed E-state index contributed by atoms with van der Waals surface area (Å²) >= 11 is 3.30. The smallest absolute Gasteiger partial charge is 0.261 e. The fourth-order valence-electron chi connectivity index (χ4n) is 1.62. The highest BCUT2D eigenvalue weighted by Crippen LogP contribution is 2.22. The molecule has 19 heavy (non-hydrogen) atoms. The van der Waals surface area contributed by atoms with Crippen LogP contribution in [-0.4, -0.2) is 8.42 Å². The number of aryl methyl sites for hydroxylation is 1. The Hall–Kier alpha value is -1.40.